The van der Waals surface area contributed by atoms with Gasteiger partial charge in [-0.2, -0.15) is 0 Å². The Labute approximate surface area is 133 Å². The lowest BCUT2D eigenvalue weighted by molar-refractivity contribution is -0.144. The molecule has 2 aliphatic rings. The first-order valence-corrected chi connectivity index (χ1v) is 8.50. The second-order valence-corrected chi connectivity index (χ2v) is 6.24. The number of aliphatic hydroxyl groups excluding tert-OH is 1. The molecule has 2 heterocycles. The van der Waals surface area contributed by atoms with Crippen molar-refractivity contribution in [1.82, 2.24) is 9.80 Å². The zero-order chi connectivity index (χ0) is 15.9. The van der Waals surface area contributed by atoms with Crippen LogP contribution in [0.15, 0.2) is 12.2 Å². The van der Waals surface area contributed by atoms with Crippen molar-refractivity contribution in [2.75, 3.05) is 26.2 Å². The zero-order valence-electron chi connectivity index (χ0n) is 13.5. The maximum atomic E-state index is 12.2. The van der Waals surface area contributed by atoms with E-state index in [1.54, 1.807) is 0 Å². The fraction of sp³-hybridized carbons (Fsp3) is 0.765. The van der Waals surface area contributed by atoms with Gasteiger partial charge < -0.3 is 14.9 Å². The fourth-order valence-corrected chi connectivity index (χ4v) is 3.59. The van der Waals surface area contributed by atoms with Crippen molar-refractivity contribution < 1.29 is 14.7 Å². The summed E-state index contributed by atoms with van der Waals surface area (Å²) in [4.78, 5) is 28.2. The van der Waals surface area contributed by atoms with Crippen molar-refractivity contribution >= 4 is 11.8 Å². The van der Waals surface area contributed by atoms with E-state index in [2.05, 4.69) is 6.92 Å². The molecule has 2 fully saturated rings. The number of nitrogens with zero attached hydrogens (tertiary/aromatic N) is 2. The van der Waals surface area contributed by atoms with Gasteiger partial charge in [0, 0.05) is 45.1 Å². The minimum absolute atomic E-state index is 0.121. The Morgan fingerprint density at radius 1 is 1.36 bits per heavy atom. The lowest BCUT2D eigenvalue weighted by Gasteiger charge is -2.47. The molecule has 2 saturated heterocycles. The number of allylic oxidation sites excluding steroid dienone is 1. The smallest absolute Gasteiger partial charge is 0.226 e. The van der Waals surface area contributed by atoms with Crippen molar-refractivity contribution in [3.8, 4) is 0 Å². The SMILES string of the molecule is CCC=CCC(=O)N1CC[C@@H]2[C@@H](CCC(=O)N2CCCO)C1. The third-order valence-electron chi connectivity index (χ3n) is 4.75. The Balaban J connectivity index is 1.92. The van der Waals surface area contributed by atoms with Gasteiger partial charge in [-0.25, -0.2) is 0 Å². The van der Waals surface area contributed by atoms with Gasteiger partial charge in [0.2, 0.25) is 11.8 Å². The zero-order valence-corrected chi connectivity index (χ0v) is 13.5. The monoisotopic (exact) mass is 308 g/mol. The average molecular weight is 308 g/mol. The number of likely N-dealkylation sites (tertiary alicyclic amines) is 2. The molecule has 0 aromatic carbocycles. The quantitative estimate of drug-likeness (QED) is 0.758. The third-order valence-corrected chi connectivity index (χ3v) is 4.75. The van der Waals surface area contributed by atoms with Gasteiger partial charge >= 0.3 is 0 Å². The van der Waals surface area contributed by atoms with Gasteiger partial charge in [0.1, 0.15) is 0 Å². The minimum atomic E-state index is 0.121. The molecular formula is C17H28N2O3. The molecular weight excluding hydrogens is 280 g/mol. The summed E-state index contributed by atoms with van der Waals surface area (Å²) in [6.45, 7) is 4.33. The second-order valence-electron chi connectivity index (χ2n) is 6.24. The van der Waals surface area contributed by atoms with Crippen molar-refractivity contribution in [2.45, 2.75) is 51.5 Å². The number of carbonyl (C=O) groups is 2. The van der Waals surface area contributed by atoms with Crippen LogP contribution in [-0.4, -0.2) is 59.0 Å². The van der Waals surface area contributed by atoms with E-state index in [1.807, 2.05) is 22.0 Å². The average Bonchev–Trinajstić information content (AvgIpc) is 2.53. The van der Waals surface area contributed by atoms with Gasteiger partial charge in [-0.05, 0) is 31.6 Å². The minimum Gasteiger partial charge on any atom is -0.396 e. The Morgan fingerprint density at radius 3 is 2.91 bits per heavy atom. The lowest BCUT2D eigenvalue weighted by atomic mass is 9.83. The normalized spacial score (nSPS) is 25.6. The molecule has 0 unspecified atom stereocenters. The summed E-state index contributed by atoms with van der Waals surface area (Å²) >= 11 is 0. The molecule has 0 aromatic heterocycles. The summed E-state index contributed by atoms with van der Waals surface area (Å²) in [6, 6.07) is 0.253. The van der Waals surface area contributed by atoms with E-state index >= 15 is 0 Å². The number of hydrogen-bond acceptors (Lipinski definition) is 3. The molecule has 2 rings (SSSR count). The Morgan fingerprint density at radius 2 is 2.18 bits per heavy atom. The lowest BCUT2D eigenvalue weighted by Crippen LogP contribution is -2.57. The predicted octanol–water partition coefficient (Wildman–Crippen LogP) is 1.56. The summed E-state index contributed by atoms with van der Waals surface area (Å²) in [5, 5.41) is 9.00. The molecule has 0 aromatic rings. The second kappa shape index (κ2) is 8.32. The summed E-state index contributed by atoms with van der Waals surface area (Å²) in [5.41, 5.74) is 0. The summed E-state index contributed by atoms with van der Waals surface area (Å²) < 4.78 is 0. The van der Waals surface area contributed by atoms with Crippen LogP contribution in [0, 0.1) is 5.92 Å². The van der Waals surface area contributed by atoms with Crippen LogP contribution in [0.2, 0.25) is 0 Å². The largest absolute Gasteiger partial charge is 0.396 e. The number of rotatable bonds is 6. The van der Waals surface area contributed by atoms with E-state index in [9.17, 15) is 9.59 Å². The number of amides is 2. The first-order chi connectivity index (χ1) is 10.7. The van der Waals surface area contributed by atoms with Gasteiger partial charge in [-0.3, -0.25) is 9.59 Å². The Bertz CT molecular complexity index is 422. The molecule has 0 bridgehead atoms. The fourth-order valence-electron chi connectivity index (χ4n) is 3.59. The molecule has 22 heavy (non-hydrogen) atoms. The van der Waals surface area contributed by atoms with Crippen LogP contribution < -0.4 is 0 Å². The molecule has 0 aliphatic carbocycles. The highest BCUT2D eigenvalue weighted by Crippen LogP contribution is 2.31. The molecule has 0 spiro atoms. The van der Waals surface area contributed by atoms with Gasteiger partial charge in [0.25, 0.3) is 0 Å². The predicted molar refractivity (Wildman–Crippen MR) is 85.2 cm³/mol. The van der Waals surface area contributed by atoms with Crippen LogP contribution in [0.1, 0.15) is 45.4 Å². The third kappa shape index (κ3) is 4.09. The molecule has 0 saturated carbocycles. The maximum absolute atomic E-state index is 12.2. The molecule has 124 valence electrons. The molecule has 5 nitrogen and oxygen atoms in total. The standard InChI is InChI=1S/C17H28N2O3/c1-2-3-4-6-16(21)18-11-9-15-14(13-18)7-8-17(22)19(15)10-5-12-20/h3-4,14-15,20H,2,5-13H2,1H3/t14-,15+/m0/s1. The number of fused-ring (bicyclic) bond motifs is 1. The molecule has 0 radical (unpaired) electrons. The molecule has 1 N–H and O–H groups in total. The number of aliphatic hydroxyl groups is 1. The molecule has 2 atom stereocenters. The van der Waals surface area contributed by atoms with E-state index < -0.39 is 0 Å². The van der Waals surface area contributed by atoms with Crippen LogP contribution in [0.3, 0.4) is 0 Å². The van der Waals surface area contributed by atoms with Crippen molar-refractivity contribution in [3.63, 3.8) is 0 Å². The summed E-state index contributed by atoms with van der Waals surface area (Å²) in [5.74, 6) is 0.798. The highest BCUT2D eigenvalue weighted by atomic mass is 16.3. The first kappa shape index (κ1) is 17.0. The van der Waals surface area contributed by atoms with Gasteiger partial charge in [-0.15, -0.1) is 0 Å². The first-order valence-electron chi connectivity index (χ1n) is 8.50. The highest BCUT2D eigenvalue weighted by molar-refractivity contribution is 5.79. The number of hydrogen-bond donors (Lipinski definition) is 1. The van der Waals surface area contributed by atoms with Crippen LogP contribution in [0.5, 0.6) is 0 Å². The van der Waals surface area contributed by atoms with E-state index in [0.717, 1.165) is 32.4 Å². The van der Waals surface area contributed by atoms with E-state index in [0.29, 0.717) is 31.7 Å². The van der Waals surface area contributed by atoms with Crippen LogP contribution in [0.25, 0.3) is 0 Å². The molecule has 5 heteroatoms. The van der Waals surface area contributed by atoms with Gasteiger partial charge in [0.15, 0.2) is 0 Å². The summed E-state index contributed by atoms with van der Waals surface area (Å²) in [6.07, 6.45) is 8.38. The Kier molecular flexibility index (Phi) is 6.43. The molecule has 2 aliphatic heterocycles. The number of piperidine rings is 2. The van der Waals surface area contributed by atoms with Crippen molar-refractivity contribution in [2.24, 2.45) is 5.92 Å². The van der Waals surface area contributed by atoms with Crippen molar-refractivity contribution in [3.05, 3.63) is 12.2 Å². The van der Waals surface area contributed by atoms with Gasteiger partial charge in [0.05, 0.1) is 0 Å². The van der Waals surface area contributed by atoms with Crippen molar-refractivity contribution in [1.29, 1.82) is 0 Å². The van der Waals surface area contributed by atoms with Gasteiger partial charge in [-0.1, -0.05) is 19.1 Å². The number of carbonyl (C=O) groups excluding carboxylic acids is 2. The highest BCUT2D eigenvalue weighted by Gasteiger charge is 2.39. The van der Waals surface area contributed by atoms with E-state index in [1.165, 1.54) is 0 Å². The molecule has 2 amide bonds. The Hall–Kier alpha value is -1.36. The van der Waals surface area contributed by atoms with Crippen LogP contribution >= 0.6 is 0 Å². The van der Waals surface area contributed by atoms with E-state index in [4.69, 9.17) is 5.11 Å². The topological polar surface area (TPSA) is 60.9 Å². The van der Waals surface area contributed by atoms with E-state index in [-0.39, 0.29) is 24.5 Å². The summed E-state index contributed by atoms with van der Waals surface area (Å²) in [7, 11) is 0. The van der Waals surface area contributed by atoms with Crippen LogP contribution in [-0.2, 0) is 9.59 Å². The van der Waals surface area contributed by atoms with Crippen LogP contribution in [0.4, 0.5) is 0 Å². The maximum Gasteiger partial charge on any atom is 0.226 e.